The number of nitro groups is 1. The van der Waals surface area contributed by atoms with E-state index in [0.29, 0.717) is 10.0 Å². The molecule has 3 aliphatic rings. The maximum Gasteiger partial charge on any atom is 0.274 e. The van der Waals surface area contributed by atoms with Crippen molar-refractivity contribution in [3.8, 4) is 0 Å². The number of non-ortho nitro benzene ring substituents is 1. The normalized spacial score (nSPS) is 28.2. The monoisotopic (exact) mass is 683 g/mol. The van der Waals surface area contributed by atoms with Crippen LogP contribution >= 0.6 is 81.2 Å². The predicted octanol–water partition coefficient (Wildman–Crippen LogP) is 5.94. The van der Waals surface area contributed by atoms with Crippen molar-refractivity contribution in [3.63, 3.8) is 0 Å². The Morgan fingerprint density at radius 3 is 1.98 bits per heavy atom. The number of fused-ring (bicyclic) bond motifs is 5. The van der Waals surface area contributed by atoms with Crippen molar-refractivity contribution in [2.24, 2.45) is 11.8 Å². The van der Waals surface area contributed by atoms with Gasteiger partial charge in [0.25, 0.3) is 23.4 Å². The number of allylic oxidation sites excluding steroid dienone is 2. The van der Waals surface area contributed by atoms with Crippen LogP contribution in [0.3, 0.4) is 0 Å². The number of hydrazine groups is 1. The van der Waals surface area contributed by atoms with Crippen molar-refractivity contribution in [1.29, 1.82) is 0 Å². The Labute approximate surface area is 260 Å². The summed E-state index contributed by atoms with van der Waals surface area (Å²) in [7, 11) is 0. The van der Waals surface area contributed by atoms with Gasteiger partial charge in [0, 0.05) is 17.7 Å². The highest BCUT2D eigenvalue weighted by atomic mass is 35.5. The Hall–Kier alpha value is -2.11. The van der Waals surface area contributed by atoms with E-state index in [0.717, 1.165) is 6.07 Å². The number of benzene rings is 2. The molecule has 4 atom stereocenters. The minimum absolute atomic E-state index is 0.0458. The van der Waals surface area contributed by atoms with Crippen LogP contribution in [-0.2, 0) is 9.59 Å². The van der Waals surface area contributed by atoms with E-state index in [-0.39, 0.29) is 26.2 Å². The summed E-state index contributed by atoms with van der Waals surface area (Å²) < 4.78 is -2.21. The van der Waals surface area contributed by atoms with Gasteiger partial charge in [0.15, 0.2) is 10.1 Å². The number of carbonyl (C=O) groups is 4. The van der Waals surface area contributed by atoms with Crippen molar-refractivity contribution in [2.45, 2.75) is 14.1 Å². The molecule has 5 rings (SSSR count). The fourth-order valence-electron chi connectivity index (χ4n) is 5.25. The Kier molecular flexibility index (Phi) is 7.15. The predicted molar refractivity (Wildman–Crippen MR) is 149 cm³/mol. The summed E-state index contributed by atoms with van der Waals surface area (Å²) in [5.41, 5.74) is -0.712. The molecule has 1 saturated heterocycles. The summed E-state index contributed by atoms with van der Waals surface area (Å²) in [4.78, 5) is 61.0. The average molecular weight is 687 g/mol. The number of nitro benzene ring substituents is 1. The van der Waals surface area contributed by atoms with Crippen molar-refractivity contribution in [2.75, 3.05) is 6.54 Å². The second-order valence-electron chi connectivity index (χ2n) is 9.14. The molecule has 2 fully saturated rings. The standard InChI is InChI=1S/C24H12Cl7N3O6/c25-13-7-2-1-6-12(13)19(36)32(9-14(35)10-4-3-5-11(8-10)34(39)40)33-20(37)15-16(21(33)38)23(29)18(27)17(26)22(15,28)24(23,30)31/h1-8,15-16H,9H2/t15-,16+,22-,23-/m1/s1. The van der Waals surface area contributed by atoms with E-state index < -0.39 is 66.6 Å². The van der Waals surface area contributed by atoms with E-state index in [2.05, 4.69) is 0 Å². The highest BCUT2D eigenvalue weighted by molar-refractivity contribution is 6.66. The first kappa shape index (κ1) is 29.4. The van der Waals surface area contributed by atoms with Gasteiger partial charge < -0.3 is 0 Å². The lowest BCUT2D eigenvalue weighted by molar-refractivity contribution is -0.384. The van der Waals surface area contributed by atoms with Crippen molar-refractivity contribution < 1.29 is 24.1 Å². The molecule has 1 heterocycles. The zero-order chi connectivity index (χ0) is 29.5. The largest absolute Gasteiger partial charge is 0.292 e. The van der Waals surface area contributed by atoms with Crippen LogP contribution in [0.25, 0.3) is 0 Å². The third-order valence-electron chi connectivity index (χ3n) is 7.14. The number of nitrogens with zero attached hydrogens (tertiary/aromatic N) is 3. The number of hydrogen-bond donors (Lipinski definition) is 0. The number of carbonyl (C=O) groups excluding carboxylic acids is 4. The molecule has 0 radical (unpaired) electrons. The smallest absolute Gasteiger partial charge is 0.274 e. The van der Waals surface area contributed by atoms with E-state index >= 15 is 0 Å². The highest BCUT2D eigenvalue weighted by Gasteiger charge is 2.88. The van der Waals surface area contributed by atoms with Crippen molar-refractivity contribution in [3.05, 3.63) is 84.9 Å². The van der Waals surface area contributed by atoms with Crippen molar-refractivity contribution in [1.82, 2.24) is 10.0 Å². The van der Waals surface area contributed by atoms with Gasteiger partial charge in [0.1, 0.15) is 16.3 Å². The SMILES string of the molecule is O=C(CN(C(=O)c1ccccc1Cl)N1C(=O)[C@@H]2[C@H](C1=O)[C@@]1(Cl)C(Cl)=C(Cl)[C@@]2(Cl)C1(Cl)Cl)c1cccc([N+](=O)[O-])c1. The Morgan fingerprint density at radius 2 is 1.45 bits per heavy atom. The quantitative estimate of drug-likeness (QED) is 0.122. The Bertz CT molecular complexity index is 1540. The zero-order valence-corrected chi connectivity index (χ0v) is 24.7. The van der Waals surface area contributed by atoms with Gasteiger partial charge in [-0.2, -0.15) is 5.01 Å². The second-order valence-corrected chi connectivity index (χ2v) is 12.8. The average Bonchev–Trinajstić information content (AvgIpc) is 3.30. The molecule has 2 bridgehead atoms. The van der Waals surface area contributed by atoms with Gasteiger partial charge in [-0.05, 0) is 12.1 Å². The van der Waals surface area contributed by atoms with Gasteiger partial charge in [0.05, 0.1) is 37.4 Å². The van der Waals surface area contributed by atoms with E-state index in [1.807, 2.05) is 0 Å². The summed E-state index contributed by atoms with van der Waals surface area (Å²) in [5.74, 6) is -7.15. The van der Waals surface area contributed by atoms with Crippen LogP contribution in [-0.4, -0.2) is 59.1 Å². The number of amides is 3. The number of hydrogen-bond acceptors (Lipinski definition) is 6. The molecule has 2 aromatic carbocycles. The zero-order valence-electron chi connectivity index (χ0n) is 19.4. The summed E-state index contributed by atoms with van der Waals surface area (Å²) in [6.07, 6.45) is 0. The minimum atomic E-state index is -2.21. The molecule has 9 nitrogen and oxygen atoms in total. The Morgan fingerprint density at radius 1 is 0.900 bits per heavy atom. The first-order valence-electron chi connectivity index (χ1n) is 11.2. The molecule has 2 aromatic rings. The van der Waals surface area contributed by atoms with Gasteiger partial charge in [-0.25, -0.2) is 5.01 Å². The minimum Gasteiger partial charge on any atom is -0.292 e. The maximum absolute atomic E-state index is 13.9. The van der Waals surface area contributed by atoms with Gasteiger partial charge >= 0.3 is 0 Å². The van der Waals surface area contributed by atoms with Gasteiger partial charge in [0.2, 0.25) is 0 Å². The lowest BCUT2D eigenvalue weighted by atomic mass is 9.84. The van der Waals surface area contributed by atoms with Crippen LogP contribution in [0.4, 0.5) is 5.69 Å². The van der Waals surface area contributed by atoms with Gasteiger partial charge in [-0.1, -0.05) is 82.3 Å². The molecule has 40 heavy (non-hydrogen) atoms. The number of rotatable bonds is 6. The molecule has 0 aromatic heterocycles. The first-order chi connectivity index (χ1) is 18.6. The van der Waals surface area contributed by atoms with E-state index in [9.17, 15) is 29.3 Å². The maximum atomic E-state index is 13.9. The van der Waals surface area contributed by atoms with E-state index in [1.165, 1.54) is 42.5 Å². The summed E-state index contributed by atoms with van der Waals surface area (Å²) in [6, 6.07) is 10.4. The molecule has 1 saturated carbocycles. The number of ketones is 1. The Balaban J connectivity index is 1.61. The van der Waals surface area contributed by atoms with Gasteiger partial charge in [-0.15, -0.1) is 23.2 Å². The molecule has 208 valence electrons. The molecular formula is C24H12Cl7N3O6. The summed E-state index contributed by atoms with van der Waals surface area (Å²) in [6.45, 7) is -0.908. The second kappa shape index (κ2) is 9.73. The third kappa shape index (κ3) is 3.68. The number of alkyl halides is 4. The lowest BCUT2D eigenvalue weighted by Gasteiger charge is -2.36. The number of Topliss-reactive ketones (excluding diaryl/α,β-unsaturated/α-hetero) is 1. The van der Waals surface area contributed by atoms with E-state index in [4.69, 9.17) is 81.2 Å². The molecule has 0 unspecified atom stereocenters. The van der Waals surface area contributed by atoms with Gasteiger partial charge in [-0.3, -0.25) is 29.3 Å². The van der Waals surface area contributed by atoms with Crippen LogP contribution in [0, 0.1) is 22.0 Å². The molecule has 3 amide bonds. The van der Waals surface area contributed by atoms with Crippen molar-refractivity contribution >= 4 is 110 Å². The molecule has 0 N–H and O–H groups in total. The third-order valence-corrected chi connectivity index (χ3v) is 11.7. The molecule has 1 aliphatic heterocycles. The summed E-state index contributed by atoms with van der Waals surface area (Å²) in [5, 5.41) is 11.5. The number of halogens is 7. The molecular weight excluding hydrogens is 674 g/mol. The molecule has 2 aliphatic carbocycles. The van der Waals surface area contributed by atoms with Crippen LogP contribution in [0.1, 0.15) is 20.7 Å². The number of imide groups is 1. The topological polar surface area (TPSA) is 118 Å². The fourth-order valence-corrected chi connectivity index (χ4v) is 8.39. The highest BCUT2D eigenvalue weighted by Crippen LogP contribution is 2.77. The molecule has 0 spiro atoms. The van der Waals surface area contributed by atoms with Crippen LogP contribution in [0.5, 0.6) is 0 Å². The fraction of sp³-hybridized carbons (Fsp3) is 0.250. The van der Waals surface area contributed by atoms with E-state index in [1.54, 1.807) is 0 Å². The van der Waals surface area contributed by atoms with Crippen LogP contribution in [0.2, 0.25) is 5.02 Å². The molecule has 16 heteroatoms. The summed E-state index contributed by atoms with van der Waals surface area (Å²) >= 11 is 45.4. The van der Waals surface area contributed by atoms with Crippen LogP contribution < -0.4 is 0 Å². The van der Waals surface area contributed by atoms with Crippen LogP contribution in [0.15, 0.2) is 58.6 Å². The lowest BCUT2D eigenvalue weighted by Crippen LogP contribution is -2.56. The first-order valence-corrected chi connectivity index (χ1v) is 13.8.